The van der Waals surface area contributed by atoms with Gasteiger partial charge in [0.05, 0.1) is 33.5 Å². The van der Waals surface area contributed by atoms with Crippen molar-refractivity contribution in [3.63, 3.8) is 0 Å². The molecule has 26 rings (SSSR count). The third-order valence-corrected chi connectivity index (χ3v) is 28.0. The summed E-state index contributed by atoms with van der Waals surface area (Å²) >= 11 is 3.65. The molecular formula is C124H78N10S2. The number of thiophene rings is 2. The van der Waals surface area contributed by atoms with E-state index in [0.717, 1.165) is 145 Å². The fourth-order valence-electron chi connectivity index (χ4n) is 19.2. The van der Waals surface area contributed by atoms with Gasteiger partial charge in [-0.1, -0.05) is 334 Å². The summed E-state index contributed by atoms with van der Waals surface area (Å²) in [7, 11) is 0. The molecule has 0 fully saturated rings. The van der Waals surface area contributed by atoms with Gasteiger partial charge in [0.25, 0.3) is 0 Å². The topological polar surface area (TPSA) is 113 Å². The first kappa shape index (κ1) is 80.4. The van der Waals surface area contributed by atoms with E-state index < -0.39 is 0 Å². The van der Waals surface area contributed by atoms with Crippen molar-refractivity contribution in [3.05, 3.63) is 473 Å². The van der Waals surface area contributed by atoms with Crippen LogP contribution in [-0.4, -0.2) is 49.0 Å². The van der Waals surface area contributed by atoms with Crippen LogP contribution in [0.3, 0.4) is 0 Å². The van der Waals surface area contributed by atoms with Crippen molar-refractivity contribution in [1.29, 1.82) is 0 Å². The number of aromatic nitrogens is 10. The Morgan fingerprint density at radius 1 is 0.162 bits per heavy atom. The molecule has 0 saturated carbocycles. The van der Waals surface area contributed by atoms with Crippen LogP contribution in [0.1, 0.15) is 0 Å². The molecule has 0 unspecified atom stereocenters. The zero-order chi connectivity index (χ0) is 89.9. The van der Waals surface area contributed by atoms with Crippen LogP contribution in [0.25, 0.3) is 253 Å². The van der Waals surface area contributed by atoms with Gasteiger partial charge in [-0.15, -0.1) is 22.7 Å². The minimum absolute atomic E-state index is 0.549. The molecule has 0 aliphatic rings. The van der Waals surface area contributed by atoms with Gasteiger partial charge in [-0.05, 0) is 183 Å². The maximum absolute atomic E-state index is 5.51. The van der Waals surface area contributed by atoms with Gasteiger partial charge < -0.3 is 9.13 Å². The summed E-state index contributed by atoms with van der Waals surface area (Å²) in [5, 5.41) is 9.67. The van der Waals surface area contributed by atoms with E-state index in [1.54, 1.807) is 0 Å². The number of fused-ring (bicyclic) bond motifs is 12. The number of pyridine rings is 2. The van der Waals surface area contributed by atoms with Crippen LogP contribution in [0, 0.1) is 0 Å². The van der Waals surface area contributed by atoms with Crippen LogP contribution in [0.5, 0.6) is 0 Å². The Balaban J connectivity index is 0.000000145. The van der Waals surface area contributed by atoms with Gasteiger partial charge in [-0.2, -0.15) is 0 Å². The highest BCUT2D eigenvalue weighted by molar-refractivity contribution is 7.26. The summed E-state index contributed by atoms with van der Waals surface area (Å²) in [4.78, 5) is 42.3. The van der Waals surface area contributed by atoms with E-state index in [0.29, 0.717) is 34.9 Å². The molecule has 10 nitrogen and oxygen atoms in total. The van der Waals surface area contributed by atoms with Gasteiger partial charge >= 0.3 is 0 Å². The Hall–Kier alpha value is -17.7. The summed E-state index contributed by atoms with van der Waals surface area (Å²) in [6.07, 6.45) is 4.03. The molecule has 636 valence electrons. The Kier molecular flexibility index (Phi) is 20.4. The molecule has 12 heteroatoms. The van der Waals surface area contributed by atoms with Crippen molar-refractivity contribution < 1.29 is 0 Å². The van der Waals surface area contributed by atoms with E-state index in [4.69, 9.17) is 39.9 Å². The van der Waals surface area contributed by atoms with Gasteiger partial charge in [0.15, 0.2) is 34.9 Å². The average Bonchev–Trinajstić information content (AvgIpc) is 1.56. The lowest BCUT2D eigenvalue weighted by molar-refractivity contribution is 1.07. The molecule has 0 N–H and O–H groups in total. The quantitative estimate of drug-likeness (QED) is 0.0940. The summed E-state index contributed by atoms with van der Waals surface area (Å²) in [5.41, 5.74) is 28.9. The van der Waals surface area contributed by atoms with E-state index in [9.17, 15) is 0 Å². The smallest absolute Gasteiger partial charge is 0.166 e. The van der Waals surface area contributed by atoms with Gasteiger partial charge in [0.2, 0.25) is 0 Å². The first-order chi connectivity index (χ1) is 67.4. The first-order valence-electron chi connectivity index (χ1n) is 45.6. The highest BCUT2D eigenvalue weighted by atomic mass is 32.1. The highest BCUT2D eigenvalue weighted by Crippen LogP contribution is 2.49. The molecule has 18 aromatic carbocycles. The predicted molar refractivity (Wildman–Crippen MR) is 566 cm³/mol. The van der Waals surface area contributed by atoms with Gasteiger partial charge in [0, 0.05) is 141 Å². The number of hydrogen-bond acceptors (Lipinski definition) is 10. The normalized spacial score (nSPS) is 11.5. The monoisotopic (exact) mass is 1770 g/mol. The molecule has 0 radical (unpaired) electrons. The molecule has 0 aliphatic carbocycles. The first-order valence-corrected chi connectivity index (χ1v) is 47.2. The lowest BCUT2D eigenvalue weighted by Gasteiger charge is -2.15. The van der Waals surface area contributed by atoms with Crippen LogP contribution < -0.4 is 0 Å². The summed E-state index contributed by atoms with van der Waals surface area (Å²) in [6.45, 7) is 0. The summed E-state index contributed by atoms with van der Waals surface area (Å²) in [5.74, 6) is 3.49. The third kappa shape index (κ3) is 15.0. The lowest BCUT2D eigenvalue weighted by Crippen LogP contribution is -2.02. The minimum atomic E-state index is 0.549. The summed E-state index contributed by atoms with van der Waals surface area (Å²) < 4.78 is 9.65. The van der Waals surface area contributed by atoms with Crippen LogP contribution >= 0.6 is 22.7 Å². The molecule has 0 amide bonds. The van der Waals surface area contributed by atoms with Gasteiger partial charge in [-0.25, -0.2) is 29.9 Å². The van der Waals surface area contributed by atoms with E-state index in [2.05, 4.69) is 373 Å². The fourth-order valence-corrected chi connectivity index (χ4v) is 21.5. The summed E-state index contributed by atoms with van der Waals surface area (Å²) in [6, 6.07) is 163. The van der Waals surface area contributed by atoms with E-state index in [1.165, 1.54) is 73.1 Å². The van der Waals surface area contributed by atoms with Crippen molar-refractivity contribution in [3.8, 4) is 169 Å². The van der Waals surface area contributed by atoms with Crippen LogP contribution in [-0.2, 0) is 0 Å². The number of nitrogens with zero attached hydrogens (tertiary/aromatic N) is 10. The third-order valence-electron chi connectivity index (χ3n) is 25.7. The van der Waals surface area contributed by atoms with Crippen LogP contribution in [0.15, 0.2) is 473 Å². The minimum Gasteiger partial charge on any atom is -0.309 e. The standard InChI is InChI=1S/2C62H39N5S/c1-6-19-40(20-7-1)44-33-45(41-21-8-2-9-22-41)35-46(34-44)47-36-53(62-65-60(42-23-10-3-11-24-42)64-61(66-62)43-25-12-4-13-26-43)59(63-39-47)50-30-18-32-56-58(50)52-37-55-51(38-57(52)68-56)49-29-16-17-31-54(49)67(55)48-27-14-5-15-28-48;1-6-18-40(19-7-1)45-32-46(41-20-8-2-9-21-41)34-47(33-45)48-36-54(62-65-60(42-22-10-3-11-23-42)64-61(66-62)43-24-12-4-13-25-43)59(63-39-48)44-30-31-57-52(35-44)53-37-56-51(38-58(53)68-57)50-28-16-17-29-55(50)67(56)49-26-14-5-15-27-49/h2*1-39H. The Bertz CT molecular complexity index is 8820. The Morgan fingerprint density at radius 3 is 0.882 bits per heavy atom. The maximum Gasteiger partial charge on any atom is 0.166 e. The van der Waals surface area contributed by atoms with E-state index >= 15 is 0 Å². The van der Waals surface area contributed by atoms with Crippen molar-refractivity contribution >= 4 is 107 Å². The largest absolute Gasteiger partial charge is 0.309 e. The fraction of sp³-hybridized carbons (Fsp3) is 0. The zero-order valence-corrected chi connectivity index (χ0v) is 75.0. The zero-order valence-electron chi connectivity index (χ0n) is 73.3. The predicted octanol–water partition coefficient (Wildman–Crippen LogP) is 32.8. The molecule has 0 saturated heterocycles. The van der Waals surface area contributed by atoms with Crippen LogP contribution in [0.4, 0.5) is 0 Å². The Labute approximate surface area is 792 Å². The van der Waals surface area contributed by atoms with Gasteiger partial charge in [0.1, 0.15) is 0 Å². The van der Waals surface area contributed by atoms with E-state index in [1.807, 2.05) is 132 Å². The van der Waals surface area contributed by atoms with Gasteiger partial charge in [-0.3, -0.25) is 9.97 Å². The molecule has 8 heterocycles. The second kappa shape index (κ2) is 34.6. The molecule has 0 atom stereocenters. The van der Waals surface area contributed by atoms with Crippen molar-refractivity contribution in [2.75, 3.05) is 0 Å². The molecule has 8 aromatic heterocycles. The molecule has 0 bridgehead atoms. The SMILES string of the molecule is c1ccc(-c2cc(-c3ccccc3)cc(-c3cnc(-c4ccc5sc6cc7c8ccccc8n(-c8ccccc8)c7cc6c5c4)c(-c4nc(-c5ccccc5)nc(-c5ccccc5)n4)c3)c2)cc1.c1ccc(-c2cc(-c3ccccc3)cc(-c3cnc(-c4cccc5sc6cc7c8ccccc8n(-c8ccccc8)c7cc6c45)c(-c4nc(-c5ccccc5)nc(-c5ccccc5)n4)c3)c2)cc1. The van der Waals surface area contributed by atoms with Crippen molar-refractivity contribution in [2.45, 2.75) is 0 Å². The highest BCUT2D eigenvalue weighted by Gasteiger charge is 2.27. The maximum atomic E-state index is 5.51. The number of para-hydroxylation sites is 4. The Morgan fingerprint density at radius 2 is 0.478 bits per heavy atom. The molecule has 136 heavy (non-hydrogen) atoms. The number of hydrogen-bond donors (Lipinski definition) is 0. The number of rotatable bonds is 16. The molecule has 26 aromatic rings. The second-order valence-electron chi connectivity index (χ2n) is 34.1. The van der Waals surface area contributed by atoms with Crippen LogP contribution in [0.2, 0.25) is 0 Å². The van der Waals surface area contributed by atoms with Crippen molar-refractivity contribution in [2.24, 2.45) is 0 Å². The average molecular weight is 1770 g/mol. The van der Waals surface area contributed by atoms with E-state index in [-0.39, 0.29) is 0 Å². The van der Waals surface area contributed by atoms with Crippen molar-refractivity contribution in [1.82, 2.24) is 49.0 Å². The molecular weight excluding hydrogens is 1690 g/mol. The second-order valence-corrected chi connectivity index (χ2v) is 36.2. The lowest BCUT2D eigenvalue weighted by atomic mass is 9.92. The molecule has 0 spiro atoms. The molecule has 0 aliphatic heterocycles. The number of benzene rings is 18.